The number of nitro groups is 1. The van der Waals surface area contributed by atoms with Gasteiger partial charge in [-0.2, -0.15) is 4.31 Å². The Morgan fingerprint density at radius 2 is 1.84 bits per heavy atom. The van der Waals surface area contributed by atoms with Crippen molar-refractivity contribution in [3.63, 3.8) is 0 Å². The van der Waals surface area contributed by atoms with Crippen LogP contribution < -0.4 is 5.32 Å². The molecule has 1 aliphatic heterocycles. The largest absolute Gasteiger partial charge is 0.456 e. The van der Waals surface area contributed by atoms with Crippen LogP contribution >= 0.6 is 15.9 Å². The summed E-state index contributed by atoms with van der Waals surface area (Å²) < 4.78 is 46.8. The number of nitro benzene ring substituents is 1. The fraction of sp³-hybridized carbons (Fsp3) is 0.200. The SMILES string of the molecule is O=C(COC(=O)C[C@@H]1c2ccccc2CCN1S(=O)(=O)c1ccc(F)cc1)Nc1ccc([N+](=O)[O-])cc1Br. The Labute approximate surface area is 225 Å². The number of carbonyl (C=O) groups excluding carboxylic acids is 2. The van der Waals surface area contributed by atoms with Crippen molar-refractivity contribution in [3.8, 4) is 0 Å². The second-order valence-corrected chi connectivity index (χ2v) is 11.1. The average molecular weight is 606 g/mol. The Morgan fingerprint density at radius 3 is 2.53 bits per heavy atom. The first-order valence-corrected chi connectivity index (χ1v) is 13.5. The van der Waals surface area contributed by atoms with Crippen LogP contribution in [0, 0.1) is 15.9 Å². The Balaban J connectivity index is 1.47. The number of non-ortho nitro benzene ring substituents is 1. The molecule has 0 fully saturated rings. The number of fused-ring (bicyclic) bond motifs is 1. The minimum atomic E-state index is -4.08. The van der Waals surface area contributed by atoms with Gasteiger partial charge < -0.3 is 10.1 Å². The lowest BCUT2D eigenvalue weighted by Gasteiger charge is -2.36. The molecule has 0 spiro atoms. The summed E-state index contributed by atoms with van der Waals surface area (Å²) >= 11 is 3.14. The Morgan fingerprint density at radius 1 is 1.13 bits per heavy atom. The molecule has 0 aliphatic carbocycles. The minimum absolute atomic E-state index is 0.101. The first kappa shape index (κ1) is 27.4. The van der Waals surface area contributed by atoms with Gasteiger partial charge in [0.25, 0.3) is 11.6 Å². The van der Waals surface area contributed by atoms with E-state index in [9.17, 15) is 32.5 Å². The molecule has 13 heteroatoms. The summed E-state index contributed by atoms with van der Waals surface area (Å²) in [7, 11) is -4.08. The molecule has 1 atom stereocenters. The Bertz CT molecular complexity index is 1500. The molecule has 0 aromatic heterocycles. The van der Waals surface area contributed by atoms with Crippen LogP contribution in [0.2, 0.25) is 0 Å². The van der Waals surface area contributed by atoms with Gasteiger partial charge in [-0.25, -0.2) is 12.8 Å². The number of nitrogens with zero attached hydrogens (tertiary/aromatic N) is 2. The van der Waals surface area contributed by atoms with Crippen LogP contribution in [0.4, 0.5) is 15.8 Å². The zero-order valence-corrected chi connectivity index (χ0v) is 22.1. The highest BCUT2D eigenvalue weighted by molar-refractivity contribution is 9.10. The van der Waals surface area contributed by atoms with E-state index in [1.165, 1.54) is 34.6 Å². The van der Waals surface area contributed by atoms with E-state index in [0.29, 0.717) is 12.0 Å². The monoisotopic (exact) mass is 605 g/mol. The maximum absolute atomic E-state index is 13.4. The van der Waals surface area contributed by atoms with Gasteiger partial charge in [0.15, 0.2) is 6.61 Å². The predicted molar refractivity (Wildman–Crippen MR) is 138 cm³/mol. The molecule has 0 unspecified atom stereocenters. The minimum Gasteiger partial charge on any atom is -0.456 e. The lowest BCUT2D eigenvalue weighted by Crippen LogP contribution is -2.41. The van der Waals surface area contributed by atoms with Crippen LogP contribution in [0.15, 0.2) is 76.1 Å². The van der Waals surface area contributed by atoms with Gasteiger partial charge in [0, 0.05) is 23.2 Å². The highest BCUT2D eigenvalue weighted by Crippen LogP contribution is 2.36. The Kier molecular flexibility index (Phi) is 8.19. The molecule has 3 aromatic carbocycles. The molecule has 0 saturated heterocycles. The fourth-order valence-corrected chi connectivity index (χ4v) is 6.21. The van der Waals surface area contributed by atoms with E-state index in [1.807, 2.05) is 12.1 Å². The second kappa shape index (κ2) is 11.4. The molecule has 0 radical (unpaired) electrons. The molecule has 3 aromatic rings. The molecular weight excluding hydrogens is 585 g/mol. The van der Waals surface area contributed by atoms with Crippen molar-refractivity contribution in [2.75, 3.05) is 18.5 Å². The number of ether oxygens (including phenoxy) is 1. The molecule has 1 heterocycles. The first-order valence-electron chi connectivity index (χ1n) is 11.3. The zero-order valence-electron chi connectivity index (χ0n) is 19.7. The summed E-state index contributed by atoms with van der Waals surface area (Å²) in [6.45, 7) is -0.551. The van der Waals surface area contributed by atoms with Crippen molar-refractivity contribution < 1.29 is 32.1 Å². The van der Waals surface area contributed by atoms with Crippen molar-refractivity contribution >= 4 is 49.2 Å². The summed E-state index contributed by atoms with van der Waals surface area (Å²) in [6.07, 6.45) is 0.0701. The van der Waals surface area contributed by atoms with Gasteiger partial charge in [0.05, 0.1) is 28.0 Å². The van der Waals surface area contributed by atoms with Gasteiger partial charge >= 0.3 is 5.97 Å². The molecule has 38 heavy (non-hydrogen) atoms. The van der Waals surface area contributed by atoms with E-state index >= 15 is 0 Å². The van der Waals surface area contributed by atoms with Crippen LogP contribution in [0.25, 0.3) is 0 Å². The van der Waals surface area contributed by atoms with Gasteiger partial charge in [-0.1, -0.05) is 24.3 Å². The van der Waals surface area contributed by atoms with E-state index in [0.717, 1.165) is 17.7 Å². The lowest BCUT2D eigenvalue weighted by molar-refractivity contribution is -0.384. The van der Waals surface area contributed by atoms with Crippen LogP contribution in [0.3, 0.4) is 0 Å². The summed E-state index contributed by atoms with van der Waals surface area (Å²) in [5.41, 5.74) is 1.60. The zero-order chi connectivity index (χ0) is 27.4. The van der Waals surface area contributed by atoms with Crippen molar-refractivity contribution in [3.05, 3.63) is 98.3 Å². The van der Waals surface area contributed by atoms with Gasteiger partial charge in [-0.15, -0.1) is 0 Å². The Hall–Kier alpha value is -3.68. The third kappa shape index (κ3) is 6.06. The van der Waals surface area contributed by atoms with Crippen molar-refractivity contribution in [2.24, 2.45) is 0 Å². The number of nitrogens with one attached hydrogen (secondary N) is 1. The van der Waals surface area contributed by atoms with Crippen molar-refractivity contribution in [2.45, 2.75) is 23.8 Å². The van der Waals surface area contributed by atoms with Crippen molar-refractivity contribution in [1.82, 2.24) is 4.31 Å². The van der Waals surface area contributed by atoms with Gasteiger partial charge in [0.1, 0.15) is 5.82 Å². The summed E-state index contributed by atoms with van der Waals surface area (Å²) in [4.78, 5) is 35.3. The van der Waals surface area contributed by atoms with Gasteiger partial charge in [-0.05, 0) is 63.8 Å². The topological polar surface area (TPSA) is 136 Å². The maximum atomic E-state index is 13.4. The number of rotatable bonds is 8. The smallest absolute Gasteiger partial charge is 0.308 e. The molecule has 1 amide bonds. The highest BCUT2D eigenvalue weighted by atomic mass is 79.9. The maximum Gasteiger partial charge on any atom is 0.308 e. The number of carbonyl (C=O) groups is 2. The lowest BCUT2D eigenvalue weighted by atomic mass is 9.92. The van der Waals surface area contributed by atoms with E-state index in [2.05, 4.69) is 21.2 Å². The molecule has 0 saturated carbocycles. The molecule has 198 valence electrons. The standard InChI is InChI=1S/C25H21BrFN3O7S/c26-21-13-18(30(33)34)7-10-22(21)28-24(31)15-37-25(32)14-23-20-4-2-1-3-16(20)11-12-29(23)38(35,36)19-8-5-17(27)6-9-19/h1-10,13,23H,11-12,14-15H2,(H,28,31)/t23-/m1/s1. The van der Waals surface area contributed by atoms with E-state index < -0.39 is 45.3 Å². The molecule has 0 bridgehead atoms. The number of anilines is 1. The third-order valence-electron chi connectivity index (χ3n) is 5.95. The number of halogens is 2. The third-order valence-corrected chi connectivity index (χ3v) is 8.52. The second-order valence-electron chi connectivity index (χ2n) is 8.37. The molecule has 1 N–H and O–H groups in total. The molecule has 4 rings (SSSR count). The molecule has 1 aliphatic rings. The summed E-state index contributed by atoms with van der Waals surface area (Å²) in [5, 5.41) is 13.4. The number of esters is 1. The summed E-state index contributed by atoms with van der Waals surface area (Å²) in [5.74, 6) is -2.07. The average Bonchev–Trinajstić information content (AvgIpc) is 2.89. The van der Waals surface area contributed by atoms with Crippen LogP contribution in [0.5, 0.6) is 0 Å². The van der Waals surface area contributed by atoms with Crippen LogP contribution in [-0.2, 0) is 30.8 Å². The van der Waals surface area contributed by atoms with E-state index in [1.54, 1.807) is 12.1 Å². The fourth-order valence-electron chi connectivity index (χ4n) is 4.14. The quantitative estimate of drug-likeness (QED) is 0.229. The van der Waals surface area contributed by atoms with Crippen LogP contribution in [-0.4, -0.2) is 42.7 Å². The normalized spacial score (nSPS) is 15.4. The molecular formula is C25H21BrFN3O7S. The number of amides is 1. The first-order chi connectivity index (χ1) is 18.1. The number of hydrogen-bond acceptors (Lipinski definition) is 7. The number of benzene rings is 3. The van der Waals surface area contributed by atoms with E-state index in [4.69, 9.17) is 4.74 Å². The van der Waals surface area contributed by atoms with Gasteiger partial charge in [-0.3, -0.25) is 19.7 Å². The van der Waals surface area contributed by atoms with E-state index in [-0.39, 0.29) is 33.7 Å². The summed E-state index contributed by atoms with van der Waals surface area (Å²) in [6, 6.07) is 14.5. The van der Waals surface area contributed by atoms with Gasteiger partial charge in [0.2, 0.25) is 10.0 Å². The van der Waals surface area contributed by atoms with Crippen molar-refractivity contribution in [1.29, 1.82) is 0 Å². The molecule has 10 nitrogen and oxygen atoms in total. The highest BCUT2D eigenvalue weighted by Gasteiger charge is 2.38. The van der Waals surface area contributed by atoms with Crippen LogP contribution in [0.1, 0.15) is 23.6 Å². The number of hydrogen-bond donors (Lipinski definition) is 1. The predicted octanol–water partition coefficient (Wildman–Crippen LogP) is 4.36. The number of sulfonamides is 1.